The molecule has 0 atom stereocenters. The fourth-order valence-corrected chi connectivity index (χ4v) is 2.93. The molecule has 2 heterocycles. The van der Waals surface area contributed by atoms with Crippen molar-refractivity contribution in [1.29, 1.82) is 5.26 Å². The Morgan fingerprint density at radius 1 is 1.11 bits per heavy atom. The highest BCUT2D eigenvalue weighted by Gasteiger charge is 2.18. The van der Waals surface area contributed by atoms with Gasteiger partial charge in [-0.2, -0.15) is 5.26 Å². The van der Waals surface area contributed by atoms with Crippen LogP contribution in [-0.4, -0.2) is 60.2 Å². The van der Waals surface area contributed by atoms with Crippen molar-refractivity contribution in [3.8, 4) is 6.07 Å². The number of benzene rings is 1. The topological polar surface area (TPSA) is 97.2 Å². The largest absolute Gasteiger partial charge is 0.338 e. The third kappa shape index (κ3) is 5.66. The van der Waals surface area contributed by atoms with Crippen LogP contribution in [0, 0.1) is 11.3 Å². The van der Waals surface area contributed by atoms with E-state index in [9.17, 15) is 4.79 Å². The molecule has 8 heteroatoms. The van der Waals surface area contributed by atoms with Gasteiger partial charge >= 0.3 is 6.03 Å². The molecular formula is C19H23N7O. The summed E-state index contributed by atoms with van der Waals surface area (Å²) in [7, 11) is 0. The molecule has 1 fully saturated rings. The highest BCUT2D eigenvalue weighted by atomic mass is 16.2. The van der Waals surface area contributed by atoms with E-state index in [1.165, 1.54) is 0 Å². The van der Waals surface area contributed by atoms with Crippen LogP contribution in [0.4, 0.5) is 16.4 Å². The average molecular weight is 365 g/mol. The highest BCUT2D eigenvalue weighted by molar-refractivity contribution is 5.89. The molecule has 8 nitrogen and oxygen atoms in total. The van der Waals surface area contributed by atoms with Crippen molar-refractivity contribution < 1.29 is 4.79 Å². The van der Waals surface area contributed by atoms with Crippen LogP contribution in [0.2, 0.25) is 0 Å². The molecule has 3 rings (SSSR count). The third-order valence-corrected chi connectivity index (χ3v) is 4.42. The number of amides is 2. The highest BCUT2D eigenvalue weighted by Crippen LogP contribution is 2.10. The van der Waals surface area contributed by atoms with Gasteiger partial charge in [0.1, 0.15) is 0 Å². The van der Waals surface area contributed by atoms with E-state index in [0.717, 1.165) is 45.1 Å². The van der Waals surface area contributed by atoms with E-state index in [0.29, 0.717) is 17.8 Å². The standard InChI is InChI=1S/C19H23N7O/c20-15-16-3-5-17(6-4-16)24-19(27)23-9-2-10-25-11-13-26(14-12-25)18-21-7-1-8-22-18/h1,3-8H,2,9-14H2,(H2,23,24,27). The SMILES string of the molecule is N#Cc1ccc(NC(=O)NCCCN2CCN(c3ncccn3)CC2)cc1. The summed E-state index contributed by atoms with van der Waals surface area (Å²) in [5, 5.41) is 14.4. The molecule has 0 bridgehead atoms. The number of nitrogens with zero attached hydrogens (tertiary/aromatic N) is 5. The third-order valence-electron chi connectivity index (χ3n) is 4.42. The van der Waals surface area contributed by atoms with Gasteiger partial charge in [0.15, 0.2) is 0 Å². The van der Waals surface area contributed by atoms with Gasteiger partial charge in [0.05, 0.1) is 11.6 Å². The predicted octanol–water partition coefficient (Wildman–Crippen LogP) is 1.68. The van der Waals surface area contributed by atoms with Gasteiger partial charge in [-0.15, -0.1) is 0 Å². The predicted molar refractivity (Wildman–Crippen MR) is 103 cm³/mol. The summed E-state index contributed by atoms with van der Waals surface area (Å²) in [5.74, 6) is 0.790. The maximum absolute atomic E-state index is 11.9. The van der Waals surface area contributed by atoms with E-state index in [-0.39, 0.29) is 6.03 Å². The average Bonchev–Trinajstić information content (AvgIpc) is 2.73. The lowest BCUT2D eigenvalue weighted by atomic mass is 10.2. The summed E-state index contributed by atoms with van der Waals surface area (Å²) in [6.45, 7) is 5.32. The molecule has 0 radical (unpaired) electrons. The maximum Gasteiger partial charge on any atom is 0.319 e. The van der Waals surface area contributed by atoms with Gasteiger partial charge in [0.25, 0.3) is 0 Å². The summed E-state index contributed by atoms with van der Waals surface area (Å²) < 4.78 is 0. The zero-order valence-electron chi connectivity index (χ0n) is 15.1. The van der Waals surface area contributed by atoms with Crippen LogP contribution in [0.5, 0.6) is 0 Å². The molecule has 27 heavy (non-hydrogen) atoms. The summed E-state index contributed by atoms with van der Waals surface area (Å²) in [4.78, 5) is 25.1. The number of nitriles is 1. The number of nitrogens with one attached hydrogen (secondary N) is 2. The Morgan fingerprint density at radius 3 is 2.48 bits per heavy atom. The first-order valence-corrected chi connectivity index (χ1v) is 9.04. The quantitative estimate of drug-likeness (QED) is 0.756. The van der Waals surface area contributed by atoms with E-state index in [1.807, 2.05) is 12.1 Å². The summed E-state index contributed by atoms with van der Waals surface area (Å²) in [6.07, 6.45) is 4.43. The molecule has 2 amide bonds. The Kier molecular flexibility index (Phi) is 6.55. The Balaban J connectivity index is 1.30. The van der Waals surface area contributed by atoms with Crippen LogP contribution in [0.3, 0.4) is 0 Å². The van der Waals surface area contributed by atoms with Gasteiger partial charge in [-0.25, -0.2) is 14.8 Å². The molecule has 0 unspecified atom stereocenters. The van der Waals surface area contributed by atoms with Crippen molar-refractivity contribution in [3.63, 3.8) is 0 Å². The summed E-state index contributed by atoms with van der Waals surface area (Å²) in [5.41, 5.74) is 1.24. The molecule has 0 saturated carbocycles. The van der Waals surface area contributed by atoms with Crippen LogP contribution in [0.1, 0.15) is 12.0 Å². The lowest BCUT2D eigenvalue weighted by Crippen LogP contribution is -2.47. The van der Waals surface area contributed by atoms with Crippen molar-refractivity contribution in [2.45, 2.75) is 6.42 Å². The van der Waals surface area contributed by atoms with Crippen molar-refractivity contribution in [3.05, 3.63) is 48.3 Å². The van der Waals surface area contributed by atoms with Crippen molar-refractivity contribution >= 4 is 17.7 Å². The molecular weight excluding hydrogens is 342 g/mol. The van der Waals surface area contributed by atoms with Gasteiger partial charge in [-0.05, 0) is 43.3 Å². The first-order valence-electron chi connectivity index (χ1n) is 9.04. The van der Waals surface area contributed by atoms with E-state index in [4.69, 9.17) is 5.26 Å². The molecule has 1 aliphatic rings. The van der Waals surface area contributed by atoms with E-state index in [2.05, 4.69) is 30.4 Å². The van der Waals surface area contributed by atoms with Gasteiger partial charge < -0.3 is 15.5 Å². The summed E-state index contributed by atoms with van der Waals surface area (Å²) in [6, 6.07) is 10.4. The molecule has 1 aromatic heterocycles. The number of rotatable bonds is 6. The van der Waals surface area contributed by atoms with Crippen molar-refractivity contribution in [2.75, 3.05) is 49.5 Å². The fourth-order valence-electron chi connectivity index (χ4n) is 2.93. The van der Waals surface area contributed by atoms with Gasteiger partial charge in [0, 0.05) is 50.8 Å². The van der Waals surface area contributed by atoms with E-state index >= 15 is 0 Å². The smallest absolute Gasteiger partial charge is 0.319 e. The molecule has 1 aliphatic heterocycles. The minimum atomic E-state index is -0.231. The van der Waals surface area contributed by atoms with E-state index < -0.39 is 0 Å². The first-order chi connectivity index (χ1) is 13.2. The van der Waals surface area contributed by atoms with Gasteiger partial charge in [0.2, 0.25) is 5.95 Å². The molecule has 0 aliphatic carbocycles. The van der Waals surface area contributed by atoms with Gasteiger partial charge in [-0.1, -0.05) is 0 Å². The minimum absolute atomic E-state index is 0.231. The molecule has 1 saturated heterocycles. The number of aromatic nitrogens is 2. The zero-order valence-corrected chi connectivity index (χ0v) is 15.1. The molecule has 2 N–H and O–H groups in total. The second-order valence-corrected chi connectivity index (χ2v) is 6.30. The molecule has 2 aromatic rings. The molecule has 1 aromatic carbocycles. The second-order valence-electron chi connectivity index (χ2n) is 6.30. The van der Waals surface area contributed by atoms with Crippen LogP contribution in [0.15, 0.2) is 42.7 Å². The molecule has 0 spiro atoms. The van der Waals surface area contributed by atoms with Crippen LogP contribution < -0.4 is 15.5 Å². The van der Waals surface area contributed by atoms with Crippen molar-refractivity contribution in [2.24, 2.45) is 0 Å². The Morgan fingerprint density at radius 2 is 1.81 bits per heavy atom. The number of piperazine rings is 1. The number of hydrogen-bond acceptors (Lipinski definition) is 6. The normalized spacial score (nSPS) is 14.4. The lowest BCUT2D eigenvalue weighted by Gasteiger charge is -2.34. The monoisotopic (exact) mass is 365 g/mol. The minimum Gasteiger partial charge on any atom is -0.338 e. The second kappa shape index (κ2) is 9.50. The number of hydrogen-bond donors (Lipinski definition) is 2. The first kappa shape index (κ1) is 18.6. The lowest BCUT2D eigenvalue weighted by molar-refractivity contribution is 0.244. The zero-order chi connectivity index (χ0) is 18.9. The van der Waals surface area contributed by atoms with Crippen LogP contribution >= 0.6 is 0 Å². The van der Waals surface area contributed by atoms with Crippen LogP contribution in [-0.2, 0) is 0 Å². The summed E-state index contributed by atoms with van der Waals surface area (Å²) >= 11 is 0. The number of anilines is 2. The molecule has 140 valence electrons. The van der Waals surface area contributed by atoms with Crippen LogP contribution in [0.25, 0.3) is 0 Å². The maximum atomic E-state index is 11.9. The van der Waals surface area contributed by atoms with Crippen molar-refractivity contribution in [1.82, 2.24) is 20.2 Å². The Hall–Kier alpha value is -3.18. The fraction of sp³-hybridized carbons (Fsp3) is 0.368. The number of urea groups is 1. The van der Waals surface area contributed by atoms with Gasteiger partial charge in [-0.3, -0.25) is 4.90 Å². The van der Waals surface area contributed by atoms with E-state index in [1.54, 1.807) is 36.7 Å². The number of carbonyl (C=O) groups is 1. The number of carbonyl (C=O) groups excluding carboxylic acids is 1. The Labute approximate surface area is 158 Å². The Bertz CT molecular complexity index is 765.